The largest absolute Gasteiger partial charge is 0.294 e. The van der Waals surface area contributed by atoms with Crippen molar-refractivity contribution in [3.8, 4) is 0 Å². The minimum absolute atomic E-state index is 0.445. The molecule has 0 amide bonds. The van der Waals surface area contributed by atoms with Gasteiger partial charge in [0.1, 0.15) is 0 Å². The maximum Gasteiger partial charge on any atom is 0.194 e. The second-order valence-corrected chi connectivity index (χ2v) is 8.90. The molecule has 106 valence electrons. The molecule has 3 heteroatoms. The number of aryl methyl sites for hydroxylation is 2. The lowest BCUT2D eigenvalue weighted by Crippen LogP contribution is -2.48. The summed E-state index contributed by atoms with van der Waals surface area (Å²) in [5, 5.41) is 0. The van der Waals surface area contributed by atoms with Crippen molar-refractivity contribution in [1.82, 2.24) is 9.38 Å². The number of nitrogens with zero attached hydrogens (tertiary/aromatic N) is 2. The molecular formula is C17H22N2S. The van der Waals surface area contributed by atoms with E-state index in [1.807, 2.05) is 11.3 Å². The zero-order valence-electron chi connectivity index (χ0n) is 12.4. The molecule has 6 rings (SSSR count). The number of fused-ring (bicyclic) bond motifs is 1. The van der Waals surface area contributed by atoms with Crippen LogP contribution in [0.2, 0.25) is 0 Å². The van der Waals surface area contributed by atoms with Crippen LogP contribution in [0.15, 0.2) is 6.20 Å². The molecule has 2 aromatic rings. The maximum atomic E-state index is 5.07. The van der Waals surface area contributed by atoms with Crippen LogP contribution in [-0.2, 0) is 5.41 Å². The molecule has 0 unspecified atom stereocenters. The molecule has 2 nitrogen and oxygen atoms in total. The van der Waals surface area contributed by atoms with Gasteiger partial charge in [0.15, 0.2) is 4.96 Å². The number of imidazole rings is 1. The molecular weight excluding hydrogens is 264 g/mol. The van der Waals surface area contributed by atoms with Crippen molar-refractivity contribution in [3.05, 3.63) is 22.5 Å². The predicted molar refractivity (Wildman–Crippen MR) is 82.4 cm³/mol. The highest BCUT2D eigenvalue weighted by Gasteiger charge is 2.52. The Kier molecular flexibility index (Phi) is 2.17. The van der Waals surface area contributed by atoms with Gasteiger partial charge < -0.3 is 0 Å². The van der Waals surface area contributed by atoms with Gasteiger partial charge >= 0.3 is 0 Å². The highest BCUT2D eigenvalue weighted by atomic mass is 32.1. The van der Waals surface area contributed by atoms with Crippen molar-refractivity contribution >= 4 is 16.3 Å². The fraction of sp³-hybridized carbons (Fsp3) is 0.706. The van der Waals surface area contributed by atoms with E-state index in [1.165, 1.54) is 59.8 Å². The fourth-order valence-electron chi connectivity index (χ4n) is 5.74. The van der Waals surface area contributed by atoms with Gasteiger partial charge in [-0.3, -0.25) is 4.40 Å². The summed E-state index contributed by atoms with van der Waals surface area (Å²) >= 11 is 1.86. The van der Waals surface area contributed by atoms with Gasteiger partial charge in [0, 0.05) is 22.2 Å². The van der Waals surface area contributed by atoms with Gasteiger partial charge in [-0.05, 0) is 70.1 Å². The van der Waals surface area contributed by atoms with Crippen LogP contribution in [0.1, 0.15) is 54.8 Å². The number of hydrogen-bond donors (Lipinski definition) is 0. The molecule has 4 aliphatic rings. The van der Waals surface area contributed by atoms with Crippen LogP contribution in [0.25, 0.3) is 4.96 Å². The molecule has 0 N–H and O–H groups in total. The zero-order valence-corrected chi connectivity index (χ0v) is 13.2. The number of rotatable bonds is 1. The Hall–Kier alpha value is -0.830. The first-order valence-corrected chi connectivity index (χ1v) is 8.90. The molecule has 2 heterocycles. The molecule has 0 aromatic carbocycles. The Morgan fingerprint density at radius 3 is 2.25 bits per heavy atom. The number of aromatic nitrogens is 2. The van der Waals surface area contributed by atoms with Gasteiger partial charge in [-0.15, -0.1) is 11.3 Å². The van der Waals surface area contributed by atoms with E-state index in [0.717, 1.165) is 17.8 Å². The van der Waals surface area contributed by atoms with Crippen LogP contribution in [0.4, 0.5) is 0 Å². The maximum absolute atomic E-state index is 5.07. The quantitative estimate of drug-likeness (QED) is 0.755. The Labute approximate surface area is 124 Å². The molecule has 4 saturated carbocycles. The molecule has 0 aliphatic heterocycles. The molecule has 0 atom stereocenters. The third-order valence-corrected chi connectivity index (χ3v) is 7.44. The summed E-state index contributed by atoms with van der Waals surface area (Å²) in [5.74, 6) is 3.01. The van der Waals surface area contributed by atoms with E-state index >= 15 is 0 Å². The smallest absolute Gasteiger partial charge is 0.194 e. The van der Waals surface area contributed by atoms with Crippen molar-refractivity contribution in [2.45, 2.75) is 57.8 Å². The summed E-state index contributed by atoms with van der Waals surface area (Å²) < 4.78 is 2.34. The molecule has 4 aliphatic carbocycles. The van der Waals surface area contributed by atoms with Crippen molar-refractivity contribution in [1.29, 1.82) is 0 Å². The van der Waals surface area contributed by atoms with Gasteiger partial charge in [0.05, 0.1) is 5.69 Å². The molecule has 0 spiro atoms. The van der Waals surface area contributed by atoms with Crippen LogP contribution in [-0.4, -0.2) is 9.38 Å². The lowest BCUT2D eigenvalue weighted by Gasteiger charge is -2.56. The van der Waals surface area contributed by atoms with Gasteiger partial charge in [0.25, 0.3) is 0 Å². The van der Waals surface area contributed by atoms with Gasteiger partial charge in [-0.1, -0.05) is 0 Å². The average Bonchev–Trinajstić information content (AvgIpc) is 2.90. The number of hydrogen-bond acceptors (Lipinski definition) is 2. The first kappa shape index (κ1) is 11.8. The molecule has 0 saturated heterocycles. The lowest BCUT2D eigenvalue weighted by molar-refractivity contribution is -0.00696. The van der Waals surface area contributed by atoms with Crippen LogP contribution in [0.3, 0.4) is 0 Å². The van der Waals surface area contributed by atoms with Gasteiger partial charge in [0.2, 0.25) is 0 Å². The van der Waals surface area contributed by atoms with Crippen molar-refractivity contribution in [3.63, 3.8) is 0 Å². The first-order chi connectivity index (χ1) is 9.63. The van der Waals surface area contributed by atoms with E-state index in [-0.39, 0.29) is 0 Å². The van der Waals surface area contributed by atoms with E-state index in [2.05, 4.69) is 24.4 Å². The Morgan fingerprint density at radius 1 is 1.10 bits per heavy atom. The van der Waals surface area contributed by atoms with E-state index < -0.39 is 0 Å². The second-order valence-electron chi connectivity index (χ2n) is 7.72. The summed E-state index contributed by atoms with van der Waals surface area (Å²) in [5.41, 5.74) is 3.25. The second kappa shape index (κ2) is 3.68. The average molecular weight is 286 g/mol. The van der Waals surface area contributed by atoms with Crippen LogP contribution >= 0.6 is 11.3 Å². The topological polar surface area (TPSA) is 17.3 Å². The highest BCUT2D eigenvalue weighted by molar-refractivity contribution is 7.17. The SMILES string of the molecule is Cc1sc2nc(C34CC5CC(CC(C5)C3)C4)cn2c1C. The minimum atomic E-state index is 0.445. The van der Waals surface area contributed by atoms with E-state index in [4.69, 9.17) is 4.98 Å². The van der Waals surface area contributed by atoms with Crippen molar-refractivity contribution in [2.75, 3.05) is 0 Å². The van der Waals surface area contributed by atoms with Crippen LogP contribution in [0, 0.1) is 31.6 Å². The molecule has 0 radical (unpaired) electrons. The van der Waals surface area contributed by atoms with Gasteiger partial charge in [-0.25, -0.2) is 4.98 Å². The van der Waals surface area contributed by atoms with E-state index in [1.54, 1.807) is 0 Å². The monoisotopic (exact) mass is 286 g/mol. The normalized spacial score (nSPS) is 39.0. The third kappa shape index (κ3) is 1.42. The first-order valence-electron chi connectivity index (χ1n) is 8.08. The summed E-state index contributed by atoms with van der Waals surface area (Å²) in [4.78, 5) is 7.69. The Morgan fingerprint density at radius 2 is 1.70 bits per heavy atom. The highest BCUT2D eigenvalue weighted by Crippen LogP contribution is 2.60. The van der Waals surface area contributed by atoms with E-state index in [9.17, 15) is 0 Å². The molecule has 20 heavy (non-hydrogen) atoms. The van der Waals surface area contributed by atoms with E-state index in [0.29, 0.717) is 5.41 Å². The van der Waals surface area contributed by atoms with Gasteiger partial charge in [-0.2, -0.15) is 0 Å². The van der Waals surface area contributed by atoms with Crippen molar-refractivity contribution in [2.24, 2.45) is 17.8 Å². The van der Waals surface area contributed by atoms with Crippen molar-refractivity contribution < 1.29 is 0 Å². The molecule has 2 aromatic heterocycles. The fourth-order valence-corrected chi connectivity index (χ4v) is 6.69. The lowest BCUT2D eigenvalue weighted by atomic mass is 9.49. The summed E-state index contributed by atoms with van der Waals surface area (Å²) in [7, 11) is 0. The van der Waals surface area contributed by atoms with Crippen LogP contribution in [0.5, 0.6) is 0 Å². The summed E-state index contributed by atoms with van der Waals surface area (Å²) in [6, 6.07) is 0. The zero-order chi connectivity index (χ0) is 13.5. The Bertz CT molecular complexity index is 658. The third-order valence-electron chi connectivity index (χ3n) is 6.37. The van der Waals surface area contributed by atoms with Crippen LogP contribution < -0.4 is 0 Å². The predicted octanol–water partition coefficient (Wildman–Crippen LogP) is 4.48. The Balaban J connectivity index is 1.63. The standard InChI is InChI=1S/C17H22N2S/c1-10-11(2)20-16-18-15(9-19(10)16)17-6-12-3-13(7-17)5-14(4-12)8-17/h9,12-14H,3-8H2,1-2H3. The molecule has 4 fully saturated rings. The summed E-state index contributed by atoms with van der Waals surface area (Å²) in [6.07, 6.45) is 11.2. The molecule has 4 bridgehead atoms. The summed E-state index contributed by atoms with van der Waals surface area (Å²) in [6.45, 7) is 4.43. The number of thiazole rings is 1. The minimum Gasteiger partial charge on any atom is -0.294 e.